The minimum absolute atomic E-state index is 0.288. The molecule has 3 aliphatic carbocycles. The van der Waals surface area contributed by atoms with Crippen molar-refractivity contribution in [2.45, 2.75) is 65.2 Å². The molecular formula is C25H34N2O. The molecule has 4 aliphatic rings. The average Bonchev–Trinajstić information content (AvgIpc) is 3.04. The Bertz CT molecular complexity index is 787. The van der Waals surface area contributed by atoms with E-state index in [0.29, 0.717) is 16.7 Å². The van der Waals surface area contributed by atoms with Gasteiger partial charge in [0.1, 0.15) is 0 Å². The molecule has 0 radical (unpaired) electrons. The Kier molecular flexibility index (Phi) is 4.41. The van der Waals surface area contributed by atoms with Gasteiger partial charge in [0.25, 0.3) is 0 Å². The lowest BCUT2D eigenvalue weighted by Gasteiger charge is -2.59. The van der Waals surface area contributed by atoms with Crippen LogP contribution in [0.1, 0.15) is 70.8 Å². The molecule has 1 N–H and O–H groups in total. The van der Waals surface area contributed by atoms with Crippen LogP contribution in [0.5, 0.6) is 0 Å². The maximum atomic E-state index is 12.3. The summed E-state index contributed by atoms with van der Waals surface area (Å²) < 4.78 is 0. The molecule has 6 atom stereocenters. The first-order valence-corrected chi connectivity index (χ1v) is 11.4. The molecule has 0 aromatic carbocycles. The Labute approximate surface area is 169 Å². The van der Waals surface area contributed by atoms with Crippen molar-refractivity contribution in [1.29, 1.82) is 0 Å². The van der Waals surface area contributed by atoms with Crippen molar-refractivity contribution < 1.29 is 4.79 Å². The molecule has 1 amide bonds. The number of pyridine rings is 1. The van der Waals surface area contributed by atoms with Crippen LogP contribution < -0.4 is 5.32 Å². The number of amides is 1. The van der Waals surface area contributed by atoms with Crippen LogP contribution in [0.15, 0.2) is 30.6 Å². The Morgan fingerprint density at radius 1 is 1.14 bits per heavy atom. The van der Waals surface area contributed by atoms with E-state index in [1.54, 1.807) is 5.57 Å². The number of hydrogen-bond donors (Lipinski definition) is 1. The molecule has 150 valence electrons. The zero-order chi connectivity index (χ0) is 19.4. The fourth-order valence-corrected chi connectivity index (χ4v) is 7.79. The van der Waals surface area contributed by atoms with E-state index in [1.165, 1.54) is 44.1 Å². The third kappa shape index (κ3) is 2.69. The third-order valence-corrected chi connectivity index (χ3v) is 9.26. The molecule has 2 saturated carbocycles. The fourth-order valence-electron chi connectivity index (χ4n) is 7.79. The van der Waals surface area contributed by atoms with E-state index < -0.39 is 0 Å². The topological polar surface area (TPSA) is 42.0 Å². The summed E-state index contributed by atoms with van der Waals surface area (Å²) in [5.41, 5.74) is 3.52. The lowest BCUT2D eigenvalue weighted by Crippen LogP contribution is -2.53. The van der Waals surface area contributed by atoms with Crippen molar-refractivity contribution in [3.05, 3.63) is 36.2 Å². The predicted molar refractivity (Wildman–Crippen MR) is 112 cm³/mol. The SMILES string of the molecule is C[C@]12CCC3[C@@H](CC[C@H]4CC(=O)NCCC[C@]34C)[C@@H]1CC=C2c1cccnc1. The highest BCUT2D eigenvalue weighted by Crippen LogP contribution is 2.66. The second-order valence-electron chi connectivity index (χ2n) is 10.4. The molecule has 1 aromatic heterocycles. The highest BCUT2D eigenvalue weighted by molar-refractivity contribution is 5.76. The van der Waals surface area contributed by atoms with Crippen molar-refractivity contribution in [3.8, 4) is 0 Å². The zero-order valence-electron chi connectivity index (χ0n) is 17.4. The van der Waals surface area contributed by atoms with Gasteiger partial charge < -0.3 is 5.32 Å². The van der Waals surface area contributed by atoms with E-state index in [9.17, 15) is 4.79 Å². The molecule has 2 heterocycles. The number of nitrogens with one attached hydrogen (secondary N) is 1. The first-order chi connectivity index (χ1) is 13.5. The van der Waals surface area contributed by atoms with Gasteiger partial charge >= 0.3 is 0 Å². The van der Waals surface area contributed by atoms with E-state index in [4.69, 9.17) is 0 Å². The van der Waals surface area contributed by atoms with Gasteiger partial charge in [-0.2, -0.15) is 0 Å². The molecule has 0 bridgehead atoms. The molecular weight excluding hydrogens is 344 g/mol. The largest absolute Gasteiger partial charge is 0.356 e. The van der Waals surface area contributed by atoms with Crippen LogP contribution in [0.3, 0.4) is 0 Å². The van der Waals surface area contributed by atoms with Crippen molar-refractivity contribution in [1.82, 2.24) is 10.3 Å². The van der Waals surface area contributed by atoms with E-state index in [0.717, 1.165) is 37.1 Å². The van der Waals surface area contributed by atoms with Crippen LogP contribution in [-0.4, -0.2) is 17.4 Å². The van der Waals surface area contributed by atoms with E-state index in [1.807, 2.05) is 6.20 Å². The first-order valence-electron chi connectivity index (χ1n) is 11.4. The van der Waals surface area contributed by atoms with Crippen LogP contribution in [0, 0.1) is 34.5 Å². The summed E-state index contributed by atoms with van der Waals surface area (Å²) in [5.74, 6) is 3.23. The normalized spacial score (nSPS) is 42.9. The second-order valence-corrected chi connectivity index (χ2v) is 10.4. The summed E-state index contributed by atoms with van der Waals surface area (Å²) in [4.78, 5) is 16.7. The first kappa shape index (κ1) is 18.4. The molecule has 1 aromatic rings. The molecule has 1 saturated heterocycles. The van der Waals surface area contributed by atoms with Gasteiger partial charge in [-0.15, -0.1) is 0 Å². The van der Waals surface area contributed by atoms with Gasteiger partial charge in [0.05, 0.1) is 0 Å². The minimum atomic E-state index is 0.288. The Morgan fingerprint density at radius 3 is 2.86 bits per heavy atom. The molecule has 1 unspecified atom stereocenters. The number of aromatic nitrogens is 1. The van der Waals surface area contributed by atoms with Gasteiger partial charge in [0, 0.05) is 25.4 Å². The molecule has 3 fully saturated rings. The second kappa shape index (κ2) is 6.71. The Hall–Kier alpha value is -1.64. The lowest BCUT2D eigenvalue weighted by molar-refractivity contribution is -0.130. The van der Waals surface area contributed by atoms with Crippen molar-refractivity contribution in [2.24, 2.45) is 34.5 Å². The molecule has 1 aliphatic heterocycles. The minimum Gasteiger partial charge on any atom is -0.356 e. The van der Waals surface area contributed by atoms with Gasteiger partial charge in [-0.1, -0.05) is 26.0 Å². The number of allylic oxidation sites excluding steroid dienone is 2. The van der Waals surface area contributed by atoms with Crippen molar-refractivity contribution in [3.63, 3.8) is 0 Å². The summed E-state index contributed by atoms with van der Waals surface area (Å²) in [6.45, 7) is 5.94. The zero-order valence-corrected chi connectivity index (χ0v) is 17.4. The Balaban J connectivity index is 1.44. The maximum Gasteiger partial charge on any atom is 0.220 e. The quantitative estimate of drug-likeness (QED) is 0.727. The number of hydrogen-bond acceptors (Lipinski definition) is 2. The monoisotopic (exact) mass is 378 g/mol. The molecule has 28 heavy (non-hydrogen) atoms. The number of fused-ring (bicyclic) bond motifs is 5. The standard InChI is InChI=1S/C25H34N2O/c1-24-11-4-14-27-23(28)15-18(24)6-7-19-21-9-8-20(17-5-3-13-26-16-17)25(21,2)12-10-22(19)24/h3,5,8,13,16,18-19,21-22H,4,6-7,9-12,14-15H2,1-2H3,(H,27,28)/t18-,19-,21-,22?,24-,25+/m0/s1. The van der Waals surface area contributed by atoms with E-state index in [2.05, 4.69) is 48.6 Å². The Morgan fingerprint density at radius 2 is 2.04 bits per heavy atom. The summed E-state index contributed by atoms with van der Waals surface area (Å²) in [5, 5.41) is 3.12. The van der Waals surface area contributed by atoms with Gasteiger partial charge in [-0.25, -0.2) is 0 Å². The molecule has 5 rings (SSSR count). The van der Waals surface area contributed by atoms with Crippen LogP contribution in [0.4, 0.5) is 0 Å². The van der Waals surface area contributed by atoms with Crippen LogP contribution in [0.2, 0.25) is 0 Å². The number of nitrogens with zero attached hydrogens (tertiary/aromatic N) is 1. The van der Waals surface area contributed by atoms with Crippen LogP contribution in [-0.2, 0) is 4.79 Å². The maximum absolute atomic E-state index is 12.3. The highest BCUT2D eigenvalue weighted by atomic mass is 16.1. The predicted octanol–water partition coefficient (Wildman–Crippen LogP) is 5.23. The smallest absolute Gasteiger partial charge is 0.220 e. The van der Waals surface area contributed by atoms with Gasteiger partial charge in [0.2, 0.25) is 5.91 Å². The van der Waals surface area contributed by atoms with Crippen molar-refractivity contribution >= 4 is 11.5 Å². The van der Waals surface area contributed by atoms with Gasteiger partial charge in [0.15, 0.2) is 0 Å². The highest BCUT2D eigenvalue weighted by Gasteiger charge is 2.57. The summed E-state index contributed by atoms with van der Waals surface area (Å²) in [6, 6.07) is 4.31. The van der Waals surface area contributed by atoms with Crippen LogP contribution in [0.25, 0.3) is 5.57 Å². The molecule has 3 heteroatoms. The summed E-state index contributed by atoms with van der Waals surface area (Å²) in [6.07, 6.45) is 16.0. The molecule has 3 nitrogen and oxygen atoms in total. The fraction of sp³-hybridized carbons (Fsp3) is 0.680. The average molecular weight is 379 g/mol. The van der Waals surface area contributed by atoms with Crippen molar-refractivity contribution in [2.75, 3.05) is 6.54 Å². The van der Waals surface area contributed by atoms with Crippen LogP contribution >= 0.6 is 0 Å². The van der Waals surface area contributed by atoms with E-state index in [-0.39, 0.29) is 5.91 Å². The number of carbonyl (C=O) groups excluding carboxylic acids is 1. The summed E-state index contributed by atoms with van der Waals surface area (Å²) >= 11 is 0. The number of rotatable bonds is 1. The van der Waals surface area contributed by atoms with Gasteiger partial charge in [-0.05, 0) is 96.7 Å². The molecule has 0 spiro atoms. The van der Waals surface area contributed by atoms with E-state index >= 15 is 0 Å². The lowest BCUT2D eigenvalue weighted by atomic mass is 9.45. The van der Waals surface area contributed by atoms with Gasteiger partial charge in [-0.3, -0.25) is 9.78 Å². The summed E-state index contributed by atoms with van der Waals surface area (Å²) in [7, 11) is 0. The third-order valence-electron chi connectivity index (χ3n) is 9.26. The number of carbonyl (C=O) groups is 1.